The highest BCUT2D eigenvalue weighted by molar-refractivity contribution is 7.89. The van der Waals surface area contributed by atoms with E-state index in [1.165, 1.54) is 15.0 Å². The Kier molecular flexibility index (Phi) is 6.31. The van der Waals surface area contributed by atoms with Crippen LogP contribution in [0.3, 0.4) is 0 Å². The normalized spacial score (nSPS) is 15.3. The first kappa shape index (κ1) is 24.8. The summed E-state index contributed by atoms with van der Waals surface area (Å²) in [4.78, 5) is 18.5. The fourth-order valence-electron chi connectivity index (χ4n) is 4.51. The molecule has 36 heavy (non-hydrogen) atoms. The van der Waals surface area contributed by atoms with Gasteiger partial charge in [-0.2, -0.15) is 4.31 Å². The number of halogens is 1. The molecule has 0 unspecified atom stereocenters. The lowest BCUT2D eigenvalue weighted by molar-refractivity contribution is 0.134. The van der Waals surface area contributed by atoms with Crippen molar-refractivity contribution >= 4 is 38.3 Å². The molecular formula is C23H28ClN7O4S. The number of nitrogens with zero attached hydrogens (tertiary/aromatic N) is 6. The van der Waals surface area contributed by atoms with Gasteiger partial charge in [0.15, 0.2) is 5.65 Å². The Hall–Kier alpha value is -2.93. The van der Waals surface area contributed by atoms with Gasteiger partial charge in [0.25, 0.3) is 0 Å². The molecule has 1 N–H and O–H groups in total. The van der Waals surface area contributed by atoms with E-state index in [-0.39, 0.29) is 21.6 Å². The standard InChI is InChI=1S/C23H28ClN7O4S/c1-5-9-30-21-18(24)19(26-20(21)22-27-25-13-31(22)23(30)32)16-10-15(7-8-17(16)35-6-2)36(33,34)29-11-14(12-29)28(3)4/h7-8,10,13-14,26H,5-6,9,11-12H2,1-4H3. The SMILES string of the molecule is CCCn1c(=O)n2cnnc2c2[nH]c(-c3cc(S(=O)(=O)N4CC(N(C)C)C4)ccc3OCC)c(Cl)c21. The molecule has 0 atom stereocenters. The van der Waals surface area contributed by atoms with Crippen molar-refractivity contribution in [3.8, 4) is 17.0 Å². The number of likely N-dealkylation sites (N-methyl/N-ethyl adjacent to an activating group) is 1. The maximum atomic E-state index is 13.4. The average molecular weight is 534 g/mol. The molecule has 0 bridgehead atoms. The Balaban J connectivity index is 1.70. The molecule has 5 rings (SSSR count). The van der Waals surface area contributed by atoms with Crippen LogP contribution in [0.1, 0.15) is 20.3 Å². The molecule has 4 heterocycles. The van der Waals surface area contributed by atoms with Crippen LogP contribution < -0.4 is 10.4 Å². The van der Waals surface area contributed by atoms with Crippen LogP contribution in [-0.2, 0) is 16.6 Å². The number of fused-ring (bicyclic) bond motifs is 3. The number of hydrogen-bond acceptors (Lipinski definition) is 7. The van der Waals surface area contributed by atoms with Crippen molar-refractivity contribution in [1.29, 1.82) is 0 Å². The highest BCUT2D eigenvalue weighted by atomic mass is 35.5. The van der Waals surface area contributed by atoms with Crippen molar-refractivity contribution in [3.05, 3.63) is 40.0 Å². The second kappa shape index (κ2) is 9.18. The molecule has 0 spiro atoms. The Morgan fingerprint density at radius 1 is 1.25 bits per heavy atom. The summed E-state index contributed by atoms with van der Waals surface area (Å²) in [6, 6.07) is 4.95. The van der Waals surface area contributed by atoms with E-state index in [9.17, 15) is 13.2 Å². The minimum atomic E-state index is -3.71. The number of benzene rings is 1. The second-order valence-electron chi connectivity index (χ2n) is 9.03. The Morgan fingerprint density at radius 3 is 2.67 bits per heavy atom. The van der Waals surface area contributed by atoms with Crippen molar-refractivity contribution in [3.63, 3.8) is 0 Å². The summed E-state index contributed by atoms with van der Waals surface area (Å²) in [5, 5.41) is 8.29. The van der Waals surface area contributed by atoms with E-state index in [0.717, 1.165) is 0 Å². The van der Waals surface area contributed by atoms with Gasteiger partial charge in [0.2, 0.25) is 10.0 Å². The Labute approximate surface area is 213 Å². The number of nitrogens with one attached hydrogen (secondary N) is 1. The fourth-order valence-corrected chi connectivity index (χ4v) is 6.39. The molecule has 3 aromatic heterocycles. The summed E-state index contributed by atoms with van der Waals surface area (Å²) in [5.74, 6) is 0.474. The van der Waals surface area contributed by atoms with Gasteiger partial charge in [0, 0.05) is 31.2 Å². The summed E-state index contributed by atoms with van der Waals surface area (Å²) in [7, 11) is 0.162. The van der Waals surface area contributed by atoms with E-state index in [4.69, 9.17) is 16.3 Å². The monoisotopic (exact) mass is 533 g/mol. The van der Waals surface area contributed by atoms with Crippen LogP contribution in [-0.4, -0.2) is 81.6 Å². The minimum Gasteiger partial charge on any atom is -0.493 e. The summed E-state index contributed by atoms with van der Waals surface area (Å²) in [6.45, 7) is 5.49. The maximum absolute atomic E-state index is 13.4. The summed E-state index contributed by atoms with van der Waals surface area (Å²) in [6.07, 6.45) is 2.08. The van der Waals surface area contributed by atoms with Gasteiger partial charge in [-0.15, -0.1) is 10.2 Å². The summed E-state index contributed by atoms with van der Waals surface area (Å²) < 4.78 is 37.0. The van der Waals surface area contributed by atoms with Crippen molar-refractivity contribution in [2.45, 2.75) is 37.8 Å². The van der Waals surface area contributed by atoms with Gasteiger partial charge in [-0.3, -0.25) is 4.57 Å². The number of aryl methyl sites for hydroxylation is 1. The molecular weight excluding hydrogens is 506 g/mol. The van der Waals surface area contributed by atoms with Crippen LogP contribution in [0.15, 0.2) is 34.2 Å². The molecule has 1 aromatic carbocycles. The van der Waals surface area contributed by atoms with Crippen molar-refractivity contribution in [2.24, 2.45) is 0 Å². The lowest BCUT2D eigenvalue weighted by atomic mass is 10.1. The van der Waals surface area contributed by atoms with E-state index in [1.54, 1.807) is 22.8 Å². The number of sulfonamides is 1. The maximum Gasteiger partial charge on any atom is 0.335 e. The smallest absolute Gasteiger partial charge is 0.335 e. The first-order valence-corrected chi connectivity index (χ1v) is 13.6. The number of H-pyrrole nitrogens is 1. The van der Waals surface area contributed by atoms with E-state index < -0.39 is 10.0 Å². The van der Waals surface area contributed by atoms with E-state index in [1.807, 2.05) is 32.8 Å². The van der Waals surface area contributed by atoms with E-state index >= 15 is 0 Å². The van der Waals surface area contributed by atoms with Gasteiger partial charge in [0.05, 0.1) is 27.7 Å². The first-order valence-electron chi connectivity index (χ1n) is 11.8. The largest absolute Gasteiger partial charge is 0.493 e. The average Bonchev–Trinajstić information content (AvgIpc) is 3.41. The molecule has 1 fully saturated rings. The molecule has 1 aliphatic rings. The third kappa shape index (κ3) is 3.79. The number of aromatic amines is 1. The van der Waals surface area contributed by atoms with E-state index in [2.05, 4.69) is 15.2 Å². The minimum absolute atomic E-state index is 0.145. The zero-order valence-electron chi connectivity index (χ0n) is 20.5. The number of aromatic nitrogens is 5. The number of hydrogen-bond donors (Lipinski definition) is 1. The van der Waals surface area contributed by atoms with Gasteiger partial charge in [-0.05, 0) is 45.6 Å². The van der Waals surface area contributed by atoms with Crippen molar-refractivity contribution < 1.29 is 13.2 Å². The fraction of sp³-hybridized carbons (Fsp3) is 0.435. The quantitative estimate of drug-likeness (QED) is 0.369. The lowest BCUT2D eigenvalue weighted by Crippen LogP contribution is -2.58. The third-order valence-electron chi connectivity index (χ3n) is 6.56. The summed E-state index contributed by atoms with van der Waals surface area (Å²) in [5.41, 5.74) is 2.00. The van der Waals surface area contributed by atoms with Gasteiger partial charge in [-0.25, -0.2) is 17.6 Å². The van der Waals surface area contributed by atoms with Crippen LogP contribution in [0.2, 0.25) is 5.02 Å². The zero-order valence-corrected chi connectivity index (χ0v) is 22.1. The highest BCUT2D eigenvalue weighted by Crippen LogP contribution is 2.41. The highest BCUT2D eigenvalue weighted by Gasteiger charge is 2.38. The lowest BCUT2D eigenvalue weighted by Gasteiger charge is -2.41. The van der Waals surface area contributed by atoms with Crippen molar-refractivity contribution in [1.82, 2.24) is 33.4 Å². The molecule has 0 aliphatic carbocycles. The molecule has 11 nitrogen and oxygen atoms in total. The van der Waals surface area contributed by atoms with Gasteiger partial charge >= 0.3 is 5.69 Å². The van der Waals surface area contributed by atoms with Crippen LogP contribution in [0.4, 0.5) is 0 Å². The first-order chi connectivity index (χ1) is 17.2. The van der Waals surface area contributed by atoms with E-state index in [0.29, 0.717) is 66.3 Å². The topological polar surface area (TPSA) is 118 Å². The molecule has 4 aromatic rings. The van der Waals surface area contributed by atoms with Crippen LogP contribution in [0.25, 0.3) is 27.9 Å². The van der Waals surface area contributed by atoms with Crippen LogP contribution >= 0.6 is 11.6 Å². The molecule has 13 heteroatoms. The van der Waals surface area contributed by atoms with Crippen LogP contribution in [0, 0.1) is 0 Å². The zero-order chi connectivity index (χ0) is 25.8. The third-order valence-corrected chi connectivity index (χ3v) is 8.75. The molecule has 0 saturated carbocycles. The number of ether oxygens (including phenoxy) is 1. The number of rotatable bonds is 8. The molecule has 1 aliphatic heterocycles. The van der Waals surface area contributed by atoms with Crippen LogP contribution in [0.5, 0.6) is 5.75 Å². The Morgan fingerprint density at radius 2 is 2.00 bits per heavy atom. The second-order valence-corrected chi connectivity index (χ2v) is 11.3. The predicted molar refractivity (Wildman–Crippen MR) is 137 cm³/mol. The Bertz CT molecular complexity index is 1620. The molecule has 192 valence electrons. The predicted octanol–water partition coefficient (Wildman–Crippen LogP) is 2.44. The summed E-state index contributed by atoms with van der Waals surface area (Å²) >= 11 is 6.90. The molecule has 0 radical (unpaired) electrons. The molecule has 1 saturated heterocycles. The van der Waals surface area contributed by atoms with Gasteiger partial charge in [-0.1, -0.05) is 18.5 Å². The molecule has 0 amide bonds. The van der Waals surface area contributed by atoms with Gasteiger partial charge in [0.1, 0.15) is 17.6 Å². The van der Waals surface area contributed by atoms with Crippen molar-refractivity contribution in [2.75, 3.05) is 33.8 Å². The van der Waals surface area contributed by atoms with Gasteiger partial charge < -0.3 is 14.6 Å².